The van der Waals surface area contributed by atoms with Gasteiger partial charge in [0.25, 0.3) is 0 Å². The summed E-state index contributed by atoms with van der Waals surface area (Å²) in [7, 11) is -1.13. The number of ether oxygens (including phenoxy) is 1. The van der Waals surface area contributed by atoms with Crippen LogP contribution in [0.5, 0.6) is 11.5 Å². The van der Waals surface area contributed by atoms with Gasteiger partial charge in [0.1, 0.15) is 17.2 Å². The van der Waals surface area contributed by atoms with Gasteiger partial charge in [-0.25, -0.2) is 0 Å². The van der Waals surface area contributed by atoms with Crippen molar-refractivity contribution in [2.24, 2.45) is 4.36 Å². The van der Waals surface area contributed by atoms with E-state index >= 15 is 0 Å². The SMILES string of the molecule is CCc1cc(O)cc(N=S(=O)=O)c1OC. The summed E-state index contributed by atoms with van der Waals surface area (Å²) in [6.45, 7) is 1.87. The number of methoxy groups -OCH3 is 1. The standard InChI is InChI=1S/C9H11NO4S/c1-3-6-4-7(11)5-8(9(6)14-2)10-15(12)13/h4-5,11H,3H2,1-2H3. The van der Waals surface area contributed by atoms with Crippen LogP contribution in [-0.2, 0) is 16.9 Å². The maximum Gasteiger partial charge on any atom is 0.316 e. The zero-order chi connectivity index (χ0) is 11.4. The summed E-state index contributed by atoms with van der Waals surface area (Å²) in [4.78, 5) is 0. The third-order valence-corrected chi connectivity index (χ3v) is 2.23. The lowest BCUT2D eigenvalue weighted by Gasteiger charge is -2.08. The number of phenols is 1. The van der Waals surface area contributed by atoms with Gasteiger partial charge in [0.15, 0.2) is 0 Å². The molecule has 0 bridgehead atoms. The first kappa shape index (κ1) is 11.5. The molecule has 0 atom stereocenters. The van der Waals surface area contributed by atoms with Gasteiger partial charge in [-0.2, -0.15) is 8.42 Å². The fourth-order valence-electron chi connectivity index (χ4n) is 1.30. The first-order valence-corrected chi connectivity index (χ1v) is 5.32. The van der Waals surface area contributed by atoms with Crippen molar-refractivity contribution < 1.29 is 18.3 Å². The van der Waals surface area contributed by atoms with Gasteiger partial charge in [-0.1, -0.05) is 6.92 Å². The predicted octanol–water partition coefficient (Wildman–Crippen LogP) is 1.66. The molecule has 0 spiro atoms. The van der Waals surface area contributed by atoms with E-state index in [0.717, 1.165) is 0 Å². The minimum absolute atomic E-state index is 0.0307. The van der Waals surface area contributed by atoms with Crippen molar-refractivity contribution in [1.29, 1.82) is 0 Å². The molecule has 0 fully saturated rings. The molecule has 0 aliphatic rings. The second-order valence-corrected chi connectivity index (χ2v) is 3.44. The number of phenolic OH excluding ortho intramolecular Hbond substituents is 1. The van der Waals surface area contributed by atoms with Crippen LogP contribution in [0.3, 0.4) is 0 Å². The molecule has 5 nitrogen and oxygen atoms in total. The average molecular weight is 229 g/mol. The Morgan fingerprint density at radius 3 is 2.60 bits per heavy atom. The van der Waals surface area contributed by atoms with Gasteiger partial charge in [-0.3, -0.25) is 0 Å². The van der Waals surface area contributed by atoms with Gasteiger partial charge in [0.2, 0.25) is 0 Å². The first-order chi connectivity index (χ1) is 7.08. The van der Waals surface area contributed by atoms with E-state index in [2.05, 4.69) is 4.36 Å². The number of benzene rings is 1. The number of aromatic hydroxyl groups is 1. The van der Waals surface area contributed by atoms with Crippen molar-refractivity contribution in [2.45, 2.75) is 13.3 Å². The van der Waals surface area contributed by atoms with Crippen molar-refractivity contribution >= 4 is 16.2 Å². The van der Waals surface area contributed by atoms with Crippen molar-refractivity contribution in [3.05, 3.63) is 17.7 Å². The Kier molecular flexibility index (Phi) is 3.68. The van der Waals surface area contributed by atoms with E-state index in [1.54, 1.807) is 0 Å². The minimum Gasteiger partial charge on any atom is -0.508 e. The van der Waals surface area contributed by atoms with Crippen molar-refractivity contribution in [3.8, 4) is 11.5 Å². The molecule has 15 heavy (non-hydrogen) atoms. The summed E-state index contributed by atoms with van der Waals surface area (Å²) in [6.07, 6.45) is 0.617. The quantitative estimate of drug-likeness (QED) is 0.855. The lowest BCUT2D eigenvalue weighted by Crippen LogP contribution is -1.90. The van der Waals surface area contributed by atoms with Crippen LogP contribution in [-0.4, -0.2) is 20.6 Å². The molecular weight excluding hydrogens is 218 g/mol. The van der Waals surface area contributed by atoms with Crippen LogP contribution >= 0.6 is 0 Å². The number of hydrogen-bond acceptors (Lipinski definition) is 5. The maximum absolute atomic E-state index is 10.4. The zero-order valence-corrected chi connectivity index (χ0v) is 9.21. The van der Waals surface area contributed by atoms with Gasteiger partial charge in [0.05, 0.1) is 7.11 Å². The zero-order valence-electron chi connectivity index (χ0n) is 8.39. The van der Waals surface area contributed by atoms with Gasteiger partial charge < -0.3 is 9.84 Å². The highest BCUT2D eigenvalue weighted by atomic mass is 32.2. The maximum atomic E-state index is 10.4. The molecule has 1 aromatic carbocycles. The predicted molar refractivity (Wildman–Crippen MR) is 55.0 cm³/mol. The number of hydrogen-bond donors (Lipinski definition) is 1. The summed E-state index contributed by atoms with van der Waals surface area (Å²) in [6, 6.07) is 2.76. The largest absolute Gasteiger partial charge is 0.508 e. The molecule has 0 radical (unpaired) electrons. The third kappa shape index (κ3) is 2.69. The van der Waals surface area contributed by atoms with Gasteiger partial charge in [-0.05, 0) is 18.1 Å². The Labute approximate surface area is 89.0 Å². The van der Waals surface area contributed by atoms with Gasteiger partial charge in [-0.15, -0.1) is 4.36 Å². The molecule has 0 aliphatic heterocycles. The average Bonchev–Trinajstić information content (AvgIpc) is 2.15. The molecule has 82 valence electrons. The highest BCUT2D eigenvalue weighted by Gasteiger charge is 2.10. The number of nitrogens with zero attached hydrogens (tertiary/aromatic N) is 1. The fraction of sp³-hybridized carbons (Fsp3) is 0.333. The molecule has 1 aromatic rings. The van der Waals surface area contributed by atoms with Gasteiger partial charge >= 0.3 is 10.5 Å². The molecule has 0 aromatic heterocycles. The molecule has 1 rings (SSSR count). The van der Waals surface area contributed by atoms with E-state index in [-0.39, 0.29) is 11.4 Å². The second kappa shape index (κ2) is 4.79. The highest BCUT2D eigenvalue weighted by Crippen LogP contribution is 2.35. The van der Waals surface area contributed by atoms with Crippen molar-refractivity contribution in [1.82, 2.24) is 0 Å². The first-order valence-electron chi connectivity index (χ1n) is 4.29. The van der Waals surface area contributed by atoms with Crippen molar-refractivity contribution in [3.63, 3.8) is 0 Å². The monoisotopic (exact) mass is 229 g/mol. The van der Waals surface area contributed by atoms with Crippen LogP contribution in [0, 0.1) is 0 Å². The summed E-state index contributed by atoms with van der Waals surface area (Å²) < 4.78 is 29.3. The third-order valence-electron chi connectivity index (χ3n) is 1.89. The van der Waals surface area contributed by atoms with E-state index in [4.69, 9.17) is 4.74 Å². The molecule has 0 unspecified atom stereocenters. The number of rotatable bonds is 3. The molecule has 0 aliphatic carbocycles. The lowest BCUT2D eigenvalue weighted by molar-refractivity contribution is 0.409. The molecular formula is C9H11NO4S. The summed E-state index contributed by atoms with van der Waals surface area (Å²) in [5, 5.41) is 9.34. The fourth-order valence-corrected chi connectivity index (χ4v) is 1.60. The van der Waals surface area contributed by atoms with E-state index < -0.39 is 10.5 Å². The van der Waals surface area contributed by atoms with E-state index in [1.807, 2.05) is 6.92 Å². The minimum atomic E-state index is -2.56. The summed E-state index contributed by atoms with van der Waals surface area (Å²) >= 11 is 0. The second-order valence-electron chi connectivity index (χ2n) is 2.82. The van der Waals surface area contributed by atoms with Crippen LogP contribution in [0.1, 0.15) is 12.5 Å². The topological polar surface area (TPSA) is 76.0 Å². The Balaban J connectivity index is 3.48. The smallest absolute Gasteiger partial charge is 0.316 e. The van der Waals surface area contributed by atoms with Crippen LogP contribution in [0.2, 0.25) is 0 Å². The Hall–Kier alpha value is -1.56. The van der Waals surface area contributed by atoms with E-state index in [9.17, 15) is 13.5 Å². The number of aryl methyl sites for hydroxylation is 1. The Bertz CT molecular complexity index is 485. The molecule has 6 heteroatoms. The Morgan fingerprint density at radius 2 is 2.13 bits per heavy atom. The van der Waals surface area contributed by atoms with Crippen LogP contribution < -0.4 is 4.74 Å². The van der Waals surface area contributed by atoms with Crippen molar-refractivity contribution in [2.75, 3.05) is 7.11 Å². The van der Waals surface area contributed by atoms with Gasteiger partial charge in [0, 0.05) is 6.07 Å². The molecule has 0 amide bonds. The van der Waals surface area contributed by atoms with E-state index in [1.165, 1.54) is 19.2 Å². The van der Waals surface area contributed by atoms with Crippen LogP contribution in [0.4, 0.5) is 5.69 Å². The highest BCUT2D eigenvalue weighted by molar-refractivity contribution is 7.61. The normalized spacial score (nSPS) is 9.73. The molecule has 0 saturated carbocycles. The summed E-state index contributed by atoms with van der Waals surface area (Å²) in [5.74, 6) is 0.344. The molecule has 0 heterocycles. The Morgan fingerprint density at radius 1 is 1.47 bits per heavy atom. The molecule has 1 N–H and O–H groups in total. The van der Waals surface area contributed by atoms with E-state index in [0.29, 0.717) is 17.7 Å². The lowest BCUT2D eigenvalue weighted by atomic mass is 10.1. The van der Waals surface area contributed by atoms with Crippen LogP contribution in [0.25, 0.3) is 0 Å². The molecule has 0 saturated heterocycles. The summed E-state index contributed by atoms with van der Waals surface area (Å²) in [5.41, 5.74) is 0.824. The van der Waals surface area contributed by atoms with Crippen LogP contribution in [0.15, 0.2) is 16.5 Å².